The number of alkyl halides is 3. The third-order valence-electron chi connectivity index (χ3n) is 6.25. The van der Waals surface area contributed by atoms with Crippen molar-refractivity contribution in [1.82, 2.24) is 59.8 Å². The summed E-state index contributed by atoms with van der Waals surface area (Å²) in [5.41, 5.74) is 5.49. The van der Waals surface area contributed by atoms with Gasteiger partial charge in [-0.3, -0.25) is 19.9 Å². The summed E-state index contributed by atoms with van der Waals surface area (Å²) >= 11 is 0. The van der Waals surface area contributed by atoms with Gasteiger partial charge < -0.3 is 0 Å². The van der Waals surface area contributed by atoms with Gasteiger partial charge in [-0.1, -0.05) is 20.3 Å². The SMILES string of the molecule is CCCc1cnc(C)nc1.CCc1cnc(C)cn1.Cc1cnc(C)cn1.Cc1cnc(C)nc1.Cc1ncc(C(F)(F)F)cn1.Cc1ncc(F)cn1. The minimum absolute atomic E-state index is 0.331. The molecule has 0 bridgehead atoms. The zero-order valence-corrected chi connectivity index (χ0v) is 32.4. The van der Waals surface area contributed by atoms with Crippen molar-refractivity contribution in [2.75, 3.05) is 0 Å². The number of hydrogen-bond donors (Lipinski definition) is 0. The van der Waals surface area contributed by atoms with E-state index in [9.17, 15) is 17.6 Å². The summed E-state index contributed by atoms with van der Waals surface area (Å²) in [5, 5.41) is 0. The molecule has 0 aromatic carbocycles. The van der Waals surface area contributed by atoms with E-state index in [0.717, 1.165) is 84.0 Å². The largest absolute Gasteiger partial charge is 0.419 e. The zero-order valence-electron chi connectivity index (χ0n) is 32.4. The van der Waals surface area contributed by atoms with Crippen LogP contribution in [0.5, 0.6) is 0 Å². The third kappa shape index (κ3) is 22.2. The number of halogens is 4. The van der Waals surface area contributed by atoms with Gasteiger partial charge in [-0.2, -0.15) is 13.2 Å². The summed E-state index contributed by atoms with van der Waals surface area (Å²) in [6.07, 6.45) is 17.2. The van der Waals surface area contributed by atoms with Gasteiger partial charge in [-0.05, 0) is 79.4 Å². The number of aryl methyl sites for hydroxylation is 10. The van der Waals surface area contributed by atoms with Crippen LogP contribution < -0.4 is 0 Å². The first kappa shape index (κ1) is 46.2. The first-order valence-electron chi connectivity index (χ1n) is 16.9. The van der Waals surface area contributed by atoms with Crippen LogP contribution in [-0.2, 0) is 19.0 Å². The van der Waals surface area contributed by atoms with Gasteiger partial charge in [0.05, 0.1) is 40.7 Å². The number of hydrogen-bond acceptors (Lipinski definition) is 12. The molecular weight excluding hydrogens is 700 g/mol. The van der Waals surface area contributed by atoms with E-state index in [4.69, 9.17) is 0 Å². The van der Waals surface area contributed by atoms with Crippen LogP contribution in [0.25, 0.3) is 0 Å². The number of aromatic nitrogens is 12. The molecule has 0 saturated carbocycles. The zero-order chi connectivity index (χ0) is 40.5. The predicted molar refractivity (Wildman–Crippen MR) is 198 cm³/mol. The van der Waals surface area contributed by atoms with Crippen LogP contribution in [0.1, 0.15) is 83.0 Å². The topological polar surface area (TPSA) is 155 Å². The van der Waals surface area contributed by atoms with E-state index in [1.54, 1.807) is 25.5 Å². The minimum Gasteiger partial charge on any atom is -0.258 e. The van der Waals surface area contributed by atoms with Crippen molar-refractivity contribution >= 4 is 0 Å². The van der Waals surface area contributed by atoms with Crippen LogP contribution in [0.3, 0.4) is 0 Å². The summed E-state index contributed by atoms with van der Waals surface area (Å²) in [7, 11) is 0. The van der Waals surface area contributed by atoms with Crippen molar-refractivity contribution in [3.63, 3.8) is 0 Å². The maximum Gasteiger partial charge on any atom is 0.419 e. The number of nitrogens with zero attached hydrogens (tertiary/aromatic N) is 12. The Morgan fingerprint density at radius 1 is 0.444 bits per heavy atom. The fourth-order valence-corrected chi connectivity index (χ4v) is 3.27. The van der Waals surface area contributed by atoms with Gasteiger partial charge in [-0.25, -0.2) is 44.3 Å². The molecule has 0 N–H and O–H groups in total. The van der Waals surface area contributed by atoms with Crippen LogP contribution in [-0.4, -0.2) is 59.8 Å². The highest BCUT2D eigenvalue weighted by Gasteiger charge is 2.31. The molecule has 0 aliphatic carbocycles. The van der Waals surface area contributed by atoms with Gasteiger partial charge in [0.1, 0.15) is 23.3 Å². The molecule has 6 aromatic heterocycles. The highest BCUT2D eigenvalue weighted by molar-refractivity contribution is 5.08. The standard InChI is InChI=1S/C8H12N2.C7H10N2.C6H5F3N2.2C6H8N2.C5H5FN2/c1-3-4-8-5-9-7(2)10-6-8;1-3-7-5-8-6(2)4-9-7;1-4-10-2-5(3-11-4)6(7,8)9;1-5-3-8-6(2)4-7-5;1-5-3-7-6(2)8-4-5;1-4-7-2-5(6)3-8-4/h5-6H,3-4H2,1-2H3;4-5H,3H2,1-2H3;2-3H,1H3;2*3-4H,1-2H3;2-3H,1H3. The van der Waals surface area contributed by atoms with Gasteiger partial charge in [0, 0.05) is 62.0 Å². The van der Waals surface area contributed by atoms with E-state index in [2.05, 4.69) is 73.7 Å². The fraction of sp³-hybridized carbons (Fsp3) is 0.368. The van der Waals surface area contributed by atoms with Crippen LogP contribution in [0.2, 0.25) is 0 Å². The Bertz CT molecular complexity index is 1670. The van der Waals surface area contributed by atoms with Gasteiger partial charge in [0.25, 0.3) is 0 Å². The summed E-state index contributed by atoms with van der Waals surface area (Å²) in [4.78, 5) is 46.4. The third-order valence-corrected chi connectivity index (χ3v) is 6.25. The Morgan fingerprint density at radius 3 is 1.13 bits per heavy atom. The second-order valence-corrected chi connectivity index (χ2v) is 11.5. The first-order valence-corrected chi connectivity index (χ1v) is 16.9. The van der Waals surface area contributed by atoms with E-state index in [1.165, 1.54) is 12.5 Å². The molecule has 16 heteroatoms. The number of rotatable bonds is 3. The fourth-order valence-electron chi connectivity index (χ4n) is 3.27. The average molecular weight is 749 g/mol. The molecule has 0 aliphatic heterocycles. The van der Waals surface area contributed by atoms with Crippen molar-refractivity contribution in [3.05, 3.63) is 143 Å². The van der Waals surface area contributed by atoms with Crippen molar-refractivity contribution in [2.45, 2.75) is 94.7 Å². The lowest BCUT2D eigenvalue weighted by Crippen LogP contribution is -2.06. The lowest BCUT2D eigenvalue weighted by molar-refractivity contribution is -0.138. The Balaban J connectivity index is 0.000000325. The van der Waals surface area contributed by atoms with Crippen molar-refractivity contribution in [3.8, 4) is 0 Å². The van der Waals surface area contributed by atoms with Crippen LogP contribution in [0.15, 0.2) is 74.4 Å². The summed E-state index contributed by atoms with van der Waals surface area (Å²) in [5.74, 6) is 2.20. The summed E-state index contributed by atoms with van der Waals surface area (Å²) < 4.78 is 47.5. The first-order chi connectivity index (χ1) is 25.5. The Labute approximate surface area is 314 Å². The van der Waals surface area contributed by atoms with E-state index in [0.29, 0.717) is 11.6 Å². The average Bonchev–Trinajstić information content (AvgIpc) is 3.15. The summed E-state index contributed by atoms with van der Waals surface area (Å²) in [6.45, 7) is 19.0. The van der Waals surface area contributed by atoms with Gasteiger partial charge in [0.2, 0.25) is 0 Å². The molecule has 0 amide bonds. The maximum absolute atomic E-state index is 12.0. The molecule has 0 radical (unpaired) electrons. The molecule has 12 nitrogen and oxygen atoms in total. The lowest BCUT2D eigenvalue weighted by Gasteiger charge is -2.03. The maximum atomic E-state index is 12.0. The quantitative estimate of drug-likeness (QED) is 0.161. The van der Waals surface area contributed by atoms with Crippen LogP contribution in [0, 0.1) is 61.2 Å². The van der Waals surface area contributed by atoms with E-state index >= 15 is 0 Å². The molecule has 0 saturated heterocycles. The van der Waals surface area contributed by atoms with Crippen molar-refractivity contribution in [1.29, 1.82) is 0 Å². The Hall–Kier alpha value is -5.80. The molecule has 0 fully saturated rings. The molecule has 0 aliphatic rings. The second-order valence-electron chi connectivity index (χ2n) is 11.5. The normalized spacial score (nSPS) is 9.89. The monoisotopic (exact) mass is 748 g/mol. The molecule has 0 atom stereocenters. The molecule has 0 spiro atoms. The van der Waals surface area contributed by atoms with E-state index in [1.807, 2.05) is 72.5 Å². The molecule has 0 unspecified atom stereocenters. The van der Waals surface area contributed by atoms with E-state index in [-0.39, 0.29) is 0 Å². The van der Waals surface area contributed by atoms with Gasteiger partial charge >= 0.3 is 6.18 Å². The van der Waals surface area contributed by atoms with Crippen molar-refractivity contribution in [2.24, 2.45) is 0 Å². The van der Waals surface area contributed by atoms with Gasteiger partial charge in [-0.15, -0.1) is 0 Å². The second kappa shape index (κ2) is 25.2. The lowest BCUT2D eigenvalue weighted by atomic mass is 10.2. The minimum atomic E-state index is -4.34. The van der Waals surface area contributed by atoms with Gasteiger partial charge in [0.15, 0.2) is 5.82 Å². The predicted octanol–water partition coefficient (Wildman–Crippen LogP) is 8.00. The summed E-state index contributed by atoms with van der Waals surface area (Å²) in [6, 6.07) is 0. The van der Waals surface area contributed by atoms with Crippen LogP contribution in [0.4, 0.5) is 17.6 Å². The Morgan fingerprint density at radius 2 is 0.815 bits per heavy atom. The molecule has 6 heterocycles. The molecule has 288 valence electrons. The smallest absolute Gasteiger partial charge is 0.258 e. The highest BCUT2D eigenvalue weighted by atomic mass is 19.4. The van der Waals surface area contributed by atoms with Crippen molar-refractivity contribution < 1.29 is 17.6 Å². The van der Waals surface area contributed by atoms with Crippen LogP contribution >= 0.6 is 0 Å². The molecule has 54 heavy (non-hydrogen) atoms. The molecule has 6 aromatic rings. The van der Waals surface area contributed by atoms with E-state index < -0.39 is 17.6 Å². The highest BCUT2D eigenvalue weighted by Crippen LogP contribution is 2.27. The Kier molecular flexibility index (Phi) is 21.6. The molecule has 6 rings (SSSR count). The molecular formula is C38H48F4N12.